The Balaban J connectivity index is 2.18. The van der Waals surface area contributed by atoms with Crippen LogP contribution in [0.1, 0.15) is 6.92 Å². The molecule has 1 heterocycles. The highest BCUT2D eigenvalue weighted by Crippen LogP contribution is 2.40. The van der Waals surface area contributed by atoms with E-state index in [9.17, 15) is 4.79 Å². The van der Waals surface area contributed by atoms with Crippen LogP contribution in [0.25, 0.3) is 0 Å². The summed E-state index contributed by atoms with van der Waals surface area (Å²) in [7, 11) is 0. The van der Waals surface area contributed by atoms with Gasteiger partial charge >= 0.3 is 0 Å². The predicted molar refractivity (Wildman–Crippen MR) is 57.3 cm³/mol. The average molecular weight is 222 g/mol. The van der Waals surface area contributed by atoms with Crippen molar-refractivity contribution in [2.24, 2.45) is 0 Å². The van der Waals surface area contributed by atoms with Crippen LogP contribution >= 0.6 is 35.3 Å². The molecule has 1 unspecified atom stereocenters. The first kappa shape index (κ1) is 10.5. The van der Waals surface area contributed by atoms with Crippen molar-refractivity contribution >= 4 is 40.4 Å². The number of thioether (sulfide) groups is 3. The Morgan fingerprint density at radius 2 is 2.58 bits per heavy atom. The number of hydrogen-bond acceptors (Lipinski definition) is 5. The van der Waals surface area contributed by atoms with Crippen LogP contribution in [0.15, 0.2) is 10.3 Å². The van der Waals surface area contributed by atoms with Gasteiger partial charge in [-0.25, -0.2) is 0 Å². The first-order chi connectivity index (χ1) is 5.72. The van der Waals surface area contributed by atoms with Gasteiger partial charge in [0.2, 0.25) is 0 Å². The van der Waals surface area contributed by atoms with Crippen molar-refractivity contribution in [1.29, 1.82) is 0 Å². The fourth-order valence-corrected chi connectivity index (χ4v) is 4.01. The lowest BCUT2D eigenvalue weighted by Gasteiger charge is -2.05. The molecule has 0 bridgehead atoms. The smallest absolute Gasteiger partial charge is 0.185 e. The molecule has 0 spiro atoms. The molecule has 0 aromatic carbocycles. The maximum Gasteiger partial charge on any atom is 0.185 e. The van der Waals surface area contributed by atoms with E-state index in [0.29, 0.717) is 4.58 Å². The zero-order valence-corrected chi connectivity index (χ0v) is 9.10. The average Bonchev–Trinajstić information content (AvgIpc) is 2.48. The van der Waals surface area contributed by atoms with Crippen LogP contribution < -0.4 is 0 Å². The third-order valence-corrected chi connectivity index (χ3v) is 5.18. The second kappa shape index (κ2) is 5.21. The van der Waals surface area contributed by atoms with E-state index >= 15 is 0 Å². The fraction of sp³-hybridized carbons (Fsp3) is 0.571. The van der Waals surface area contributed by atoms with Gasteiger partial charge in [0.05, 0.1) is 11.2 Å². The number of rotatable bonds is 3. The molecule has 1 aliphatic heterocycles. The fourth-order valence-electron chi connectivity index (χ4n) is 0.709. The Bertz CT molecular complexity index is 203. The lowest BCUT2D eigenvalue weighted by atomic mass is 10.7. The molecule has 0 radical (unpaired) electrons. The second-order valence-electron chi connectivity index (χ2n) is 2.23. The highest BCUT2D eigenvalue weighted by Gasteiger charge is 2.18. The summed E-state index contributed by atoms with van der Waals surface area (Å²) in [5, 5.41) is 10.9. The van der Waals surface area contributed by atoms with E-state index in [1.165, 1.54) is 11.8 Å². The molecule has 12 heavy (non-hydrogen) atoms. The zero-order chi connectivity index (χ0) is 8.97. The van der Waals surface area contributed by atoms with Crippen molar-refractivity contribution in [3.05, 3.63) is 10.3 Å². The van der Waals surface area contributed by atoms with Crippen molar-refractivity contribution in [2.45, 2.75) is 11.5 Å². The number of aliphatic hydroxyl groups is 1. The lowest BCUT2D eigenvalue weighted by Crippen LogP contribution is -1.99. The minimum atomic E-state index is 0.124. The quantitative estimate of drug-likeness (QED) is 0.789. The monoisotopic (exact) mass is 222 g/mol. The Hall–Kier alpha value is 0.420. The zero-order valence-electron chi connectivity index (χ0n) is 6.65. The topological polar surface area (TPSA) is 37.3 Å². The van der Waals surface area contributed by atoms with Gasteiger partial charge in [0.25, 0.3) is 0 Å². The van der Waals surface area contributed by atoms with Crippen LogP contribution in [-0.4, -0.2) is 27.2 Å². The Morgan fingerprint density at radius 1 is 1.83 bits per heavy atom. The van der Waals surface area contributed by atoms with Gasteiger partial charge in [-0.05, 0) is 5.41 Å². The van der Waals surface area contributed by atoms with E-state index in [1.807, 2.05) is 5.41 Å². The molecule has 0 saturated carbocycles. The molecule has 1 rings (SSSR count). The third-order valence-electron chi connectivity index (χ3n) is 1.21. The molecule has 68 valence electrons. The Labute approximate surface area is 84.6 Å². The van der Waals surface area contributed by atoms with Crippen LogP contribution in [0.2, 0.25) is 0 Å². The molecule has 0 aromatic rings. The molecule has 0 aromatic heterocycles. The van der Waals surface area contributed by atoms with Crippen LogP contribution in [0, 0.1) is 0 Å². The first-order valence-electron chi connectivity index (χ1n) is 3.47. The van der Waals surface area contributed by atoms with Gasteiger partial charge in [-0.2, -0.15) is 0 Å². The standard InChI is InChI=1S/C7H10O2S3/c1-5(9)10-4-7-11-3-6(2-8)12-7/h3,7-8H,2,4H2,1H3. The van der Waals surface area contributed by atoms with E-state index in [0.717, 1.165) is 10.7 Å². The summed E-state index contributed by atoms with van der Waals surface area (Å²) in [6.45, 7) is 1.70. The van der Waals surface area contributed by atoms with Crippen molar-refractivity contribution in [1.82, 2.24) is 0 Å². The summed E-state index contributed by atoms with van der Waals surface area (Å²) < 4.78 is 0.404. The predicted octanol–water partition coefficient (Wildman–Crippen LogP) is 1.91. The Kier molecular flexibility index (Phi) is 4.56. The molecule has 1 aliphatic rings. The van der Waals surface area contributed by atoms with Crippen molar-refractivity contribution in [3.8, 4) is 0 Å². The van der Waals surface area contributed by atoms with E-state index in [2.05, 4.69) is 0 Å². The van der Waals surface area contributed by atoms with Crippen LogP contribution in [-0.2, 0) is 4.79 Å². The number of hydrogen-bond donors (Lipinski definition) is 1. The third kappa shape index (κ3) is 3.43. The lowest BCUT2D eigenvalue weighted by molar-refractivity contribution is -0.109. The summed E-state index contributed by atoms with van der Waals surface area (Å²) in [6.07, 6.45) is 0. The maximum atomic E-state index is 10.6. The highest BCUT2D eigenvalue weighted by molar-refractivity contribution is 8.24. The summed E-state index contributed by atoms with van der Waals surface area (Å²) in [5.74, 6) is 0.824. The largest absolute Gasteiger partial charge is 0.391 e. The maximum absolute atomic E-state index is 10.6. The van der Waals surface area contributed by atoms with Crippen molar-refractivity contribution in [2.75, 3.05) is 12.4 Å². The molecule has 5 heteroatoms. The van der Waals surface area contributed by atoms with Crippen LogP contribution in [0.4, 0.5) is 0 Å². The molecule has 0 saturated heterocycles. The summed E-state index contributed by atoms with van der Waals surface area (Å²) in [4.78, 5) is 11.6. The number of aliphatic hydroxyl groups excluding tert-OH is 1. The first-order valence-corrected chi connectivity index (χ1v) is 6.28. The van der Waals surface area contributed by atoms with Gasteiger partial charge in [0, 0.05) is 17.6 Å². The van der Waals surface area contributed by atoms with Crippen molar-refractivity contribution in [3.63, 3.8) is 0 Å². The van der Waals surface area contributed by atoms with Gasteiger partial charge in [-0.15, -0.1) is 23.5 Å². The number of carbonyl (C=O) groups excluding carboxylic acids is 1. The molecule has 1 atom stereocenters. The van der Waals surface area contributed by atoms with E-state index in [4.69, 9.17) is 5.11 Å². The highest BCUT2D eigenvalue weighted by atomic mass is 32.2. The summed E-state index contributed by atoms with van der Waals surface area (Å²) in [6, 6.07) is 0. The van der Waals surface area contributed by atoms with Crippen LogP contribution in [0.5, 0.6) is 0 Å². The van der Waals surface area contributed by atoms with Crippen molar-refractivity contribution < 1.29 is 9.90 Å². The minimum absolute atomic E-state index is 0.124. The SMILES string of the molecule is CC(=O)SCC1SC=C(CO)S1. The second-order valence-corrected chi connectivity index (χ2v) is 6.13. The van der Waals surface area contributed by atoms with Gasteiger partial charge in [-0.1, -0.05) is 11.8 Å². The summed E-state index contributed by atoms with van der Waals surface area (Å²) in [5.41, 5.74) is 0. The van der Waals surface area contributed by atoms with Gasteiger partial charge in [0.1, 0.15) is 0 Å². The molecule has 1 N–H and O–H groups in total. The Morgan fingerprint density at radius 3 is 3.08 bits per heavy atom. The summed E-state index contributed by atoms with van der Waals surface area (Å²) >= 11 is 4.68. The molecule has 0 fully saturated rings. The minimum Gasteiger partial charge on any atom is -0.391 e. The molecule has 2 nitrogen and oxygen atoms in total. The number of carbonyl (C=O) groups is 1. The molecular formula is C7H10O2S3. The van der Waals surface area contributed by atoms with E-state index < -0.39 is 0 Å². The van der Waals surface area contributed by atoms with Gasteiger partial charge in [-0.3, -0.25) is 4.79 Å². The van der Waals surface area contributed by atoms with E-state index in [-0.39, 0.29) is 11.7 Å². The molecule has 0 amide bonds. The van der Waals surface area contributed by atoms with Gasteiger partial charge in [0.15, 0.2) is 5.12 Å². The molecule has 0 aliphatic carbocycles. The van der Waals surface area contributed by atoms with Crippen LogP contribution in [0.3, 0.4) is 0 Å². The van der Waals surface area contributed by atoms with E-state index in [1.54, 1.807) is 30.4 Å². The van der Waals surface area contributed by atoms with Gasteiger partial charge < -0.3 is 5.11 Å². The normalized spacial score (nSPS) is 22.5. The molecular weight excluding hydrogens is 212 g/mol.